The number of carbonyl (C=O) groups is 1. The Labute approximate surface area is 351 Å². The van der Waals surface area contributed by atoms with Crippen LogP contribution in [0.4, 0.5) is 0 Å². The van der Waals surface area contributed by atoms with E-state index in [2.05, 4.69) is 132 Å². The second kappa shape index (κ2) is 18.2. The van der Waals surface area contributed by atoms with Crippen molar-refractivity contribution in [2.24, 2.45) is 5.92 Å². The molecule has 9 heteroatoms. The Bertz CT molecular complexity index is 2410. The molecule has 7 aromatic rings. The monoisotopic (exact) mass is 800 g/mol. The smallest absolute Gasteiger partial charge is 0.333 e. The summed E-state index contributed by atoms with van der Waals surface area (Å²) in [5.74, 6) is 1.72. The van der Waals surface area contributed by atoms with Gasteiger partial charge < -0.3 is 9.30 Å². The quantitative estimate of drug-likeness (QED) is 0.0583. The van der Waals surface area contributed by atoms with Crippen LogP contribution in [-0.2, 0) is 28.0 Å². The van der Waals surface area contributed by atoms with Crippen molar-refractivity contribution in [2.75, 3.05) is 7.11 Å². The standard InChI is InChI=1S/C50H49ClN6O2/c1-3-4-28-46-52-47(51)45(34-39(49(58)59-2)33-36-18-14-15-19-36)56(46)35-37-29-31-38(32-30-37)43-26-16-17-27-44(43)48-53-54-55-57(48)50(40-20-8-5-9-21-40,41-22-10-6-11-23-41)42-24-12-7-13-25-42/h5-13,16-17,20-27,29-32,34,36H,3-4,14-15,18-19,28,33,35H2,1-2H3. The Balaban J connectivity index is 1.18. The van der Waals surface area contributed by atoms with E-state index in [1.165, 1.54) is 20.0 Å². The third kappa shape index (κ3) is 8.15. The lowest BCUT2D eigenvalue weighted by Gasteiger charge is -2.36. The third-order valence-corrected chi connectivity index (χ3v) is 12.0. The molecule has 0 amide bonds. The Kier molecular flexibility index (Phi) is 12.3. The van der Waals surface area contributed by atoms with Crippen LogP contribution in [-0.4, -0.2) is 42.8 Å². The molecular weight excluding hydrogens is 752 g/mol. The van der Waals surface area contributed by atoms with Gasteiger partial charge in [0.05, 0.1) is 12.8 Å². The number of halogens is 1. The number of hydrogen-bond donors (Lipinski definition) is 0. The summed E-state index contributed by atoms with van der Waals surface area (Å²) in [4.78, 5) is 17.9. The first-order chi connectivity index (χ1) is 29.0. The molecule has 0 aliphatic heterocycles. The van der Waals surface area contributed by atoms with Crippen LogP contribution < -0.4 is 0 Å². The van der Waals surface area contributed by atoms with Gasteiger partial charge in [0, 0.05) is 24.1 Å². The zero-order chi connectivity index (χ0) is 40.6. The highest BCUT2D eigenvalue weighted by Crippen LogP contribution is 2.43. The van der Waals surface area contributed by atoms with E-state index in [9.17, 15) is 4.79 Å². The molecular formula is C50H49ClN6O2. The lowest BCUT2D eigenvalue weighted by Crippen LogP contribution is -2.39. The molecule has 0 unspecified atom stereocenters. The van der Waals surface area contributed by atoms with Crippen molar-refractivity contribution < 1.29 is 9.53 Å². The lowest BCUT2D eigenvalue weighted by atomic mass is 9.77. The van der Waals surface area contributed by atoms with Crippen molar-refractivity contribution in [3.05, 3.63) is 184 Å². The van der Waals surface area contributed by atoms with Gasteiger partial charge in [0.25, 0.3) is 0 Å². The number of nitrogens with zero attached hydrogens (tertiary/aromatic N) is 6. The molecule has 0 spiro atoms. The van der Waals surface area contributed by atoms with E-state index in [1.54, 1.807) is 0 Å². The number of hydrogen-bond acceptors (Lipinski definition) is 6. The van der Waals surface area contributed by atoms with Gasteiger partial charge in [-0.3, -0.25) is 0 Å². The number of esters is 1. The summed E-state index contributed by atoms with van der Waals surface area (Å²) >= 11 is 6.89. The van der Waals surface area contributed by atoms with Crippen LogP contribution in [0.3, 0.4) is 0 Å². The van der Waals surface area contributed by atoms with Gasteiger partial charge in [-0.05, 0) is 68.6 Å². The maximum atomic E-state index is 13.1. The average molecular weight is 801 g/mol. The van der Waals surface area contributed by atoms with Crippen LogP contribution in [0, 0.1) is 5.92 Å². The highest BCUT2D eigenvalue weighted by Gasteiger charge is 2.42. The van der Waals surface area contributed by atoms with Gasteiger partial charge in [-0.25, -0.2) is 14.5 Å². The molecule has 0 atom stereocenters. The summed E-state index contributed by atoms with van der Waals surface area (Å²) in [7, 11) is 1.45. The summed E-state index contributed by atoms with van der Waals surface area (Å²) in [5, 5.41) is 14.3. The Morgan fingerprint density at radius 2 is 1.37 bits per heavy atom. The van der Waals surface area contributed by atoms with E-state index in [0.717, 1.165) is 82.6 Å². The second-order valence-electron chi connectivity index (χ2n) is 15.4. The molecule has 8 rings (SSSR count). The molecule has 0 bridgehead atoms. The fourth-order valence-corrected chi connectivity index (χ4v) is 8.99. The summed E-state index contributed by atoms with van der Waals surface area (Å²) < 4.78 is 9.40. The van der Waals surface area contributed by atoms with Gasteiger partial charge in [-0.15, -0.1) is 5.10 Å². The molecule has 2 heterocycles. The van der Waals surface area contributed by atoms with Crippen molar-refractivity contribution >= 4 is 23.6 Å². The van der Waals surface area contributed by atoms with Crippen molar-refractivity contribution in [1.82, 2.24) is 29.8 Å². The van der Waals surface area contributed by atoms with Crippen molar-refractivity contribution in [3.8, 4) is 22.5 Å². The molecule has 59 heavy (non-hydrogen) atoms. The summed E-state index contributed by atoms with van der Waals surface area (Å²) in [6, 6.07) is 48.3. The van der Waals surface area contributed by atoms with Crippen LogP contribution in [0.15, 0.2) is 145 Å². The predicted molar refractivity (Wildman–Crippen MR) is 235 cm³/mol. The van der Waals surface area contributed by atoms with Gasteiger partial charge in [-0.1, -0.05) is 190 Å². The zero-order valence-electron chi connectivity index (χ0n) is 33.7. The number of rotatable bonds is 15. The molecule has 1 aliphatic rings. The van der Waals surface area contributed by atoms with Crippen molar-refractivity contribution in [1.29, 1.82) is 0 Å². The minimum absolute atomic E-state index is 0.307. The normalized spacial score (nSPS) is 13.5. The van der Waals surface area contributed by atoms with E-state index in [1.807, 2.05) is 35.0 Å². The van der Waals surface area contributed by atoms with Gasteiger partial charge in [0.15, 0.2) is 11.0 Å². The number of imidazole rings is 1. The molecule has 0 radical (unpaired) electrons. The van der Waals surface area contributed by atoms with E-state index in [4.69, 9.17) is 31.6 Å². The molecule has 1 fully saturated rings. The fourth-order valence-electron chi connectivity index (χ4n) is 8.73. The number of carbonyl (C=O) groups excluding carboxylic acids is 1. The van der Waals surface area contributed by atoms with Crippen LogP contribution in [0.25, 0.3) is 28.6 Å². The number of ether oxygens (including phenoxy) is 1. The minimum atomic E-state index is -0.877. The number of aryl methyl sites for hydroxylation is 1. The van der Waals surface area contributed by atoms with E-state index < -0.39 is 5.54 Å². The highest BCUT2D eigenvalue weighted by molar-refractivity contribution is 6.31. The molecule has 0 saturated heterocycles. The SMILES string of the molecule is CCCCc1nc(Cl)c(C=C(CC2CCCC2)C(=O)OC)n1Cc1ccc(-c2ccccc2-c2nnnn2C(c2ccccc2)(c2ccccc2)c2ccccc2)cc1. The number of benzene rings is 5. The highest BCUT2D eigenvalue weighted by atomic mass is 35.5. The average Bonchev–Trinajstić information content (AvgIpc) is 4.06. The van der Waals surface area contributed by atoms with Crippen molar-refractivity contribution in [3.63, 3.8) is 0 Å². The first-order valence-electron chi connectivity index (χ1n) is 20.7. The summed E-state index contributed by atoms with van der Waals surface area (Å²) in [5.41, 5.74) is 7.67. The second-order valence-corrected chi connectivity index (χ2v) is 15.7. The van der Waals surface area contributed by atoms with E-state index >= 15 is 0 Å². The molecule has 298 valence electrons. The maximum Gasteiger partial charge on any atom is 0.333 e. The number of tetrazole rings is 1. The maximum absolute atomic E-state index is 13.1. The summed E-state index contributed by atoms with van der Waals surface area (Å²) in [6.07, 6.45) is 10.1. The first-order valence-corrected chi connectivity index (χ1v) is 21.1. The molecule has 2 aromatic heterocycles. The molecule has 8 nitrogen and oxygen atoms in total. The van der Waals surface area contributed by atoms with Crippen LogP contribution in [0.1, 0.15) is 85.6 Å². The van der Waals surface area contributed by atoms with Gasteiger partial charge in [0.1, 0.15) is 11.4 Å². The van der Waals surface area contributed by atoms with Crippen molar-refractivity contribution in [2.45, 2.75) is 70.4 Å². The molecule has 5 aromatic carbocycles. The predicted octanol–water partition coefficient (Wildman–Crippen LogP) is 11.2. The number of aromatic nitrogens is 6. The van der Waals surface area contributed by atoms with Gasteiger partial charge >= 0.3 is 5.97 Å². The van der Waals surface area contributed by atoms with Gasteiger partial charge in [-0.2, -0.15) is 0 Å². The van der Waals surface area contributed by atoms with Crippen LogP contribution in [0.5, 0.6) is 0 Å². The van der Waals surface area contributed by atoms with Gasteiger partial charge in [0.2, 0.25) is 0 Å². The third-order valence-electron chi connectivity index (χ3n) is 11.7. The Hall–Kier alpha value is -6.12. The molecule has 0 N–H and O–H groups in total. The minimum Gasteiger partial charge on any atom is -0.466 e. The lowest BCUT2D eigenvalue weighted by molar-refractivity contribution is -0.136. The molecule has 1 saturated carbocycles. The first kappa shape index (κ1) is 39.7. The van der Waals surface area contributed by atoms with Crippen LogP contribution in [0.2, 0.25) is 5.15 Å². The zero-order valence-corrected chi connectivity index (χ0v) is 34.4. The Morgan fingerprint density at radius 1 is 0.797 bits per heavy atom. The van der Waals surface area contributed by atoms with E-state index in [0.29, 0.717) is 35.4 Å². The van der Waals surface area contributed by atoms with E-state index in [-0.39, 0.29) is 5.97 Å². The topological polar surface area (TPSA) is 87.7 Å². The number of methoxy groups -OCH3 is 1. The Morgan fingerprint density at radius 3 is 1.95 bits per heavy atom. The summed E-state index contributed by atoms with van der Waals surface area (Å²) in [6.45, 7) is 2.73. The largest absolute Gasteiger partial charge is 0.466 e. The molecule has 1 aliphatic carbocycles. The van der Waals surface area contributed by atoms with Crippen LogP contribution >= 0.6 is 11.6 Å². The fraction of sp³-hybridized carbons (Fsp3) is 0.260. The number of unbranched alkanes of at least 4 members (excludes halogenated alkanes) is 1.